The first-order valence-electron chi connectivity index (χ1n) is 11.6. The molecule has 194 valence electrons. The van der Waals surface area contributed by atoms with Crippen LogP contribution in [0.4, 0.5) is 0 Å². The third-order valence-corrected chi connectivity index (χ3v) is 7.16. The Morgan fingerprint density at radius 2 is 1.89 bits per heavy atom. The van der Waals surface area contributed by atoms with E-state index in [-0.39, 0.29) is 29.6 Å². The monoisotopic (exact) mass is 503 g/mol. The maximum Gasteiger partial charge on any atom is 0.200 e. The van der Waals surface area contributed by atoms with Crippen molar-refractivity contribution in [3.05, 3.63) is 46.1 Å². The lowest BCUT2D eigenvalue weighted by atomic mass is 9.94. The molecule has 2 aliphatic rings. The fourth-order valence-electron chi connectivity index (χ4n) is 5.06. The van der Waals surface area contributed by atoms with E-state index in [4.69, 9.17) is 14.2 Å². The fourth-order valence-corrected chi connectivity index (χ4v) is 5.06. The van der Waals surface area contributed by atoms with Gasteiger partial charge in [-0.2, -0.15) is 0 Å². The molecule has 1 aromatic heterocycles. The van der Waals surface area contributed by atoms with Crippen LogP contribution in [0.5, 0.6) is 11.5 Å². The van der Waals surface area contributed by atoms with Gasteiger partial charge in [0.25, 0.3) is 0 Å². The van der Waals surface area contributed by atoms with E-state index >= 15 is 0 Å². The van der Waals surface area contributed by atoms with Crippen LogP contribution in [-0.4, -0.2) is 90.8 Å². The number of hydrogen-bond acceptors (Lipinski definition) is 10. The minimum Gasteiger partial charge on any atom is -0.507 e. The van der Waals surface area contributed by atoms with Crippen LogP contribution in [0.15, 0.2) is 35.1 Å². The van der Waals surface area contributed by atoms with Gasteiger partial charge in [-0.3, -0.25) is 4.79 Å². The largest absolute Gasteiger partial charge is 0.507 e. The lowest BCUT2D eigenvalue weighted by molar-refractivity contribution is -0.310. The number of aryl methyl sites for hydroxylation is 1. The van der Waals surface area contributed by atoms with Gasteiger partial charge in [-0.25, -0.2) is 0 Å². The number of benzene rings is 2. The predicted molar refractivity (Wildman–Crippen MR) is 127 cm³/mol. The molecule has 11 nitrogen and oxygen atoms in total. The Balaban J connectivity index is 1.43. The Morgan fingerprint density at radius 1 is 1.17 bits per heavy atom. The van der Waals surface area contributed by atoms with E-state index in [1.54, 1.807) is 19.2 Å². The number of pyridine rings is 1. The summed E-state index contributed by atoms with van der Waals surface area (Å²) in [5.74, 6) is 0.0939. The molecule has 11 heteroatoms. The Kier molecular flexibility index (Phi) is 6.20. The third kappa shape index (κ3) is 3.84. The summed E-state index contributed by atoms with van der Waals surface area (Å²) in [6.07, 6.45) is -7.94. The summed E-state index contributed by atoms with van der Waals surface area (Å²) >= 11 is 0. The van der Waals surface area contributed by atoms with Crippen LogP contribution < -0.4 is 10.2 Å². The molecule has 2 aliphatic heterocycles. The van der Waals surface area contributed by atoms with Gasteiger partial charge in [0, 0.05) is 30.5 Å². The second-order valence-corrected chi connectivity index (χ2v) is 9.68. The molecule has 1 saturated heterocycles. The molecular weight excluding hydrogens is 474 g/mol. The van der Waals surface area contributed by atoms with Crippen molar-refractivity contribution in [1.82, 2.24) is 4.57 Å². The number of ether oxygens (including phenoxy) is 3. The molecule has 0 radical (unpaired) electrons. The number of nitrogens with zero attached hydrogens (tertiary/aromatic N) is 1. The highest BCUT2D eigenvalue weighted by Gasteiger charge is 2.46. The number of fused-ring (bicyclic) bond motifs is 4. The Hall–Kier alpha value is -2.77. The van der Waals surface area contributed by atoms with Crippen molar-refractivity contribution < 1.29 is 44.8 Å². The number of phenols is 1. The molecule has 3 aromatic rings. The van der Waals surface area contributed by atoms with Gasteiger partial charge in [-0.15, -0.1) is 0 Å². The summed E-state index contributed by atoms with van der Waals surface area (Å²) in [7, 11) is 1.79. The quantitative estimate of drug-likeness (QED) is 0.244. The maximum atomic E-state index is 13.2. The first-order chi connectivity index (χ1) is 17.0. The number of aromatic nitrogens is 1. The second-order valence-electron chi connectivity index (χ2n) is 9.68. The SMILES string of the molecule is Cn1c2ccccc2c(=O)c2c(O)cc3c(c21)CC(C(C)(O)COC1OC(CO)C(O)C(O)C1O)O3. The number of hydrogen-bond donors (Lipinski definition) is 6. The van der Waals surface area contributed by atoms with Crippen molar-refractivity contribution in [2.75, 3.05) is 13.2 Å². The van der Waals surface area contributed by atoms with Crippen molar-refractivity contribution in [2.24, 2.45) is 7.05 Å². The van der Waals surface area contributed by atoms with Crippen LogP contribution in [0.2, 0.25) is 0 Å². The van der Waals surface area contributed by atoms with Crippen molar-refractivity contribution in [2.45, 2.75) is 55.8 Å². The topological polar surface area (TPSA) is 171 Å². The lowest BCUT2D eigenvalue weighted by Crippen LogP contribution is -2.60. The predicted octanol–water partition coefficient (Wildman–Crippen LogP) is -0.732. The molecule has 36 heavy (non-hydrogen) atoms. The summed E-state index contributed by atoms with van der Waals surface area (Å²) in [6, 6.07) is 8.44. The number of aliphatic hydroxyl groups is 5. The maximum absolute atomic E-state index is 13.2. The van der Waals surface area contributed by atoms with Crippen molar-refractivity contribution in [1.29, 1.82) is 0 Å². The van der Waals surface area contributed by atoms with Gasteiger partial charge in [-0.05, 0) is 19.1 Å². The average Bonchev–Trinajstić information content (AvgIpc) is 3.29. The highest BCUT2D eigenvalue weighted by Crippen LogP contribution is 2.42. The van der Waals surface area contributed by atoms with Crippen molar-refractivity contribution in [3.8, 4) is 11.5 Å². The summed E-state index contributed by atoms with van der Waals surface area (Å²) in [5.41, 5.74) is -0.104. The molecule has 7 unspecified atom stereocenters. The molecule has 0 saturated carbocycles. The van der Waals surface area contributed by atoms with Gasteiger partial charge in [0.15, 0.2) is 6.29 Å². The summed E-state index contributed by atoms with van der Waals surface area (Å²) in [4.78, 5) is 13.2. The van der Waals surface area contributed by atoms with Gasteiger partial charge in [0.05, 0.1) is 29.6 Å². The number of aliphatic hydroxyl groups excluding tert-OH is 4. The van der Waals surface area contributed by atoms with Crippen LogP contribution in [0.1, 0.15) is 12.5 Å². The Labute approximate surface area is 205 Å². The molecule has 0 bridgehead atoms. The third-order valence-electron chi connectivity index (χ3n) is 7.16. The average molecular weight is 504 g/mol. The zero-order valence-corrected chi connectivity index (χ0v) is 19.7. The van der Waals surface area contributed by atoms with E-state index in [2.05, 4.69) is 0 Å². The molecule has 0 amide bonds. The highest BCUT2D eigenvalue weighted by atomic mass is 16.7. The minimum atomic E-state index is -1.63. The second kappa shape index (κ2) is 8.96. The number of para-hydroxylation sites is 1. The van der Waals surface area contributed by atoms with E-state index in [0.29, 0.717) is 27.7 Å². The molecule has 0 aliphatic carbocycles. The molecule has 5 rings (SSSR count). The van der Waals surface area contributed by atoms with Crippen LogP contribution in [0, 0.1) is 0 Å². The van der Waals surface area contributed by atoms with Crippen LogP contribution in [0.25, 0.3) is 21.8 Å². The minimum absolute atomic E-state index is 0.163. The number of rotatable bonds is 5. The summed E-state index contributed by atoms with van der Waals surface area (Å²) in [6.45, 7) is 0.469. The Bertz CT molecular complexity index is 1370. The molecule has 2 aromatic carbocycles. The molecule has 6 N–H and O–H groups in total. The zero-order chi connectivity index (χ0) is 25.9. The normalized spacial score (nSPS) is 29.8. The fraction of sp³-hybridized carbons (Fsp3) is 0.480. The van der Waals surface area contributed by atoms with E-state index < -0.39 is 49.0 Å². The smallest absolute Gasteiger partial charge is 0.200 e. The van der Waals surface area contributed by atoms with Crippen molar-refractivity contribution >= 4 is 21.8 Å². The van der Waals surface area contributed by atoms with E-state index in [1.807, 2.05) is 16.7 Å². The first kappa shape index (κ1) is 24.9. The van der Waals surface area contributed by atoms with E-state index in [1.165, 1.54) is 13.0 Å². The van der Waals surface area contributed by atoms with Crippen LogP contribution in [0.3, 0.4) is 0 Å². The van der Waals surface area contributed by atoms with E-state index in [9.17, 15) is 35.4 Å². The zero-order valence-electron chi connectivity index (χ0n) is 19.7. The molecular formula is C25H29NO10. The van der Waals surface area contributed by atoms with Gasteiger partial charge in [0.1, 0.15) is 47.6 Å². The van der Waals surface area contributed by atoms with Crippen molar-refractivity contribution in [3.63, 3.8) is 0 Å². The highest BCUT2D eigenvalue weighted by molar-refractivity contribution is 5.99. The first-order valence-corrected chi connectivity index (χ1v) is 11.6. The standard InChI is InChI=1S/C25H29NO10/c1-25(33,10-34-24-23(32)22(31)21(30)16(9-27)36-24)17-7-12-15(35-17)8-14(28)18-19(12)26(2)13-6-4-3-5-11(13)20(18)29/h3-6,8,16-17,21-24,27-28,30-33H,7,9-10H2,1-2H3. The summed E-state index contributed by atoms with van der Waals surface area (Å²) in [5, 5.41) is 62.0. The van der Waals surface area contributed by atoms with Crippen LogP contribution >= 0.6 is 0 Å². The summed E-state index contributed by atoms with van der Waals surface area (Å²) < 4.78 is 18.7. The lowest BCUT2D eigenvalue weighted by Gasteiger charge is -2.40. The van der Waals surface area contributed by atoms with Gasteiger partial charge < -0.3 is 49.4 Å². The Morgan fingerprint density at radius 3 is 2.61 bits per heavy atom. The van der Waals surface area contributed by atoms with Gasteiger partial charge >= 0.3 is 0 Å². The molecule has 3 heterocycles. The van der Waals surface area contributed by atoms with Crippen LogP contribution in [-0.2, 0) is 22.9 Å². The molecule has 0 spiro atoms. The van der Waals surface area contributed by atoms with E-state index in [0.717, 1.165) is 0 Å². The molecule has 1 fully saturated rings. The molecule has 7 atom stereocenters. The van der Waals surface area contributed by atoms with Gasteiger partial charge in [0.2, 0.25) is 5.43 Å². The number of aromatic hydroxyl groups is 1. The number of phenolic OH excluding ortho intramolecular Hbond substituents is 1. The van der Waals surface area contributed by atoms with Gasteiger partial charge in [-0.1, -0.05) is 12.1 Å².